The van der Waals surface area contributed by atoms with E-state index in [0.717, 1.165) is 23.3 Å². The fourth-order valence-electron chi connectivity index (χ4n) is 4.10. The second-order valence-electron chi connectivity index (χ2n) is 7.73. The summed E-state index contributed by atoms with van der Waals surface area (Å²) in [6, 6.07) is 9.77. The molecule has 0 bridgehead atoms. The van der Waals surface area contributed by atoms with Gasteiger partial charge in [0, 0.05) is 38.9 Å². The van der Waals surface area contributed by atoms with Gasteiger partial charge < -0.3 is 9.80 Å². The first-order chi connectivity index (χ1) is 15.3. The number of imidazole rings is 1. The van der Waals surface area contributed by atoms with Gasteiger partial charge in [-0.15, -0.1) is 0 Å². The Morgan fingerprint density at radius 2 is 1.72 bits per heavy atom. The number of carbonyl (C=O) groups excluding carboxylic acids is 1. The third-order valence-corrected chi connectivity index (χ3v) is 5.78. The molecule has 1 fully saturated rings. The number of alkyl halides is 3. The fourth-order valence-corrected chi connectivity index (χ4v) is 4.10. The highest BCUT2D eigenvalue weighted by atomic mass is 19.4. The maximum atomic E-state index is 13.0. The fraction of sp³-hybridized carbons (Fsp3) is 0.409. The van der Waals surface area contributed by atoms with Crippen molar-refractivity contribution in [2.45, 2.75) is 32.6 Å². The Kier molecular flexibility index (Phi) is 5.94. The number of nitrogens with zero attached hydrogens (tertiary/aromatic N) is 5. The first-order valence-electron chi connectivity index (χ1n) is 10.5. The number of hydrogen-bond acceptors (Lipinski definition) is 4. The van der Waals surface area contributed by atoms with Crippen LogP contribution in [0.2, 0.25) is 0 Å². The lowest BCUT2D eigenvalue weighted by atomic mass is 10.2. The molecule has 1 aromatic carbocycles. The third kappa shape index (κ3) is 4.21. The first-order valence-corrected chi connectivity index (χ1v) is 10.5. The van der Waals surface area contributed by atoms with Crippen LogP contribution in [0.3, 0.4) is 0 Å². The highest BCUT2D eigenvalue weighted by Gasteiger charge is 2.31. The van der Waals surface area contributed by atoms with Crippen LogP contribution in [0, 0.1) is 0 Å². The van der Waals surface area contributed by atoms with E-state index in [0.29, 0.717) is 45.0 Å². The Hall–Kier alpha value is -3.30. The number of carbonyl (C=O) groups is 1. The van der Waals surface area contributed by atoms with Crippen LogP contribution in [0.5, 0.6) is 0 Å². The Morgan fingerprint density at radius 3 is 2.34 bits per heavy atom. The van der Waals surface area contributed by atoms with Crippen LogP contribution in [0.25, 0.3) is 11.0 Å². The van der Waals surface area contributed by atoms with Crippen molar-refractivity contribution in [1.29, 1.82) is 0 Å². The predicted molar refractivity (Wildman–Crippen MR) is 115 cm³/mol. The number of benzene rings is 1. The first kappa shape index (κ1) is 21.9. The normalized spacial score (nSPS) is 15.2. The minimum Gasteiger partial charge on any atom is -0.355 e. The Morgan fingerprint density at radius 1 is 1.00 bits per heavy atom. The summed E-state index contributed by atoms with van der Waals surface area (Å²) >= 11 is 0. The van der Waals surface area contributed by atoms with Crippen molar-refractivity contribution in [2.75, 3.05) is 31.1 Å². The Balaban J connectivity index is 1.46. The number of aryl methyl sites for hydroxylation is 1. The highest BCUT2D eigenvalue weighted by Crippen LogP contribution is 2.29. The summed E-state index contributed by atoms with van der Waals surface area (Å²) in [5.41, 5.74) is 0.512. The summed E-state index contributed by atoms with van der Waals surface area (Å²) in [5, 5.41) is 0. The molecule has 2 aromatic heterocycles. The van der Waals surface area contributed by atoms with Crippen molar-refractivity contribution in [1.82, 2.24) is 19.0 Å². The van der Waals surface area contributed by atoms with Crippen molar-refractivity contribution >= 4 is 22.8 Å². The SMILES string of the molecule is CCn1c(=O)n(CC(=O)N2CCCN(c3ccc(C(F)(F)F)cn3)CC2)c2ccccc21. The number of pyridine rings is 1. The van der Waals surface area contributed by atoms with Crippen LogP contribution >= 0.6 is 0 Å². The number of amides is 1. The van der Waals surface area contributed by atoms with Gasteiger partial charge in [0.1, 0.15) is 12.4 Å². The molecule has 32 heavy (non-hydrogen) atoms. The molecule has 10 heteroatoms. The zero-order valence-electron chi connectivity index (χ0n) is 17.7. The van der Waals surface area contributed by atoms with E-state index in [1.54, 1.807) is 9.47 Å². The molecule has 1 aliphatic rings. The number of hydrogen-bond donors (Lipinski definition) is 0. The van der Waals surface area contributed by atoms with E-state index in [-0.39, 0.29) is 18.1 Å². The molecule has 3 heterocycles. The molecule has 0 atom stereocenters. The largest absolute Gasteiger partial charge is 0.417 e. The van der Waals surface area contributed by atoms with Gasteiger partial charge in [0.25, 0.3) is 0 Å². The van der Waals surface area contributed by atoms with Gasteiger partial charge in [-0.25, -0.2) is 9.78 Å². The van der Waals surface area contributed by atoms with Gasteiger partial charge in [0.2, 0.25) is 5.91 Å². The molecular formula is C22H24F3N5O2. The van der Waals surface area contributed by atoms with E-state index >= 15 is 0 Å². The van der Waals surface area contributed by atoms with Gasteiger partial charge in [-0.05, 0) is 37.6 Å². The summed E-state index contributed by atoms with van der Waals surface area (Å²) in [6.07, 6.45) is -2.94. The molecule has 7 nitrogen and oxygen atoms in total. The number of para-hydroxylation sites is 2. The molecule has 1 aliphatic heterocycles. The number of halogens is 3. The smallest absolute Gasteiger partial charge is 0.355 e. The molecule has 0 spiro atoms. The van der Waals surface area contributed by atoms with E-state index in [2.05, 4.69) is 4.98 Å². The maximum Gasteiger partial charge on any atom is 0.417 e. The molecule has 0 unspecified atom stereocenters. The second kappa shape index (κ2) is 8.68. The summed E-state index contributed by atoms with van der Waals surface area (Å²) in [5.74, 6) is 0.294. The minimum atomic E-state index is -4.42. The van der Waals surface area contributed by atoms with Crippen molar-refractivity contribution in [3.05, 3.63) is 58.6 Å². The summed E-state index contributed by atoms with van der Waals surface area (Å²) < 4.78 is 41.5. The molecule has 170 valence electrons. The predicted octanol–water partition coefficient (Wildman–Crippen LogP) is 2.98. The molecule has 0 radical (unpaired) electrons. The van der Waals surface area contributed by atoms with Crippen molar-refractivity contribution in [2.24, 2.45) is 0 Å². The second-order valence-corrected chi connectivity index (χ2v) is 7.73. The lowest BCUT2D eigenvalue weighted by Crippen LogP contribution is -2.39. The van der Waals surface area contributed by atoms with E-state index in [4.69, 9.17) is 0 Å². The average molecular weight is 447 g/mol. The molecule has 0 N–H and O–H groups in total. The van der Waals surface area contributed by atoms with Gasteiger partial charge in [-0.2, -0.15) is 13.2 Å². The van der Waals surface area contributed by atoms with Gasteiger partial charge in [0.05, 0.1) is 16.6 Å². The maximum absolute atomic E-state index is 13.0. The van der Waals surface area contributed by atoms with Crippen LogP contribution in [0.1, 0.15) is 18.9 Å². The Bertz CT molecular complexity index is 1170. The van der Waals surface area contributed by atoms with Crippen molar-refractivity contribution < 1.29 is 18.0 Å². The monoisotopic (exact) mass is 447 g/mol. The van der Waals surface area contributed by atoms with Gasteiger partial charge in [-0.1, -0.05) is 12.1 Å². The number of rotatable bonds is 4. The number of fused-ring (bicyclic) bond motifs is 1. The van der Waals surface area contributed by atoms with Crippen molar-refractivity contribution in [3.63, 3.8) is 0 Å². The van der Waals surface area contributed by atoms with Gasteiger partial charge in [-0.3, -0.25) is 13.9 Å². The lowest BCUT2D eigenvalue weighted by Gasteiger charge is -2.23. The summed E-state index contributed by atoms with van der Waals surface area (Å²) in [6.45, 7) is 4.30. The molecule has 0 saturated carbocycles. The molecule has 1 saturated heterocycles. The van der Waals surface area contributed by atoms with Crippen LogP contribution < -0.4 is 10.6 Å². The van der Waals surface area contributed by atoms with Crippen LogP contribution in [-0.4, -0.2) is 51.1 Å². The van der Waals surface area contributed by atoms with Crippen LogP contribution in [0.4, 0.5) is 19.0 Å². The number of anilines is 1. The van der Waals surface area contributed by atoms with Gasteiger partial charge >= 0.3 is 11.9 Å². The zero-order valence-corrected chi connectivity index (χ0v) is 17.7. The van der Waals surface area contributed by atoms with E-state index in [1.807, 2.05) is 36.1 Å². The zero-order chi connectivity index (χ0) is 22.9. The van der Waals surface area contributed by atoms with Crippen molar-refractivity contribution in [3.8, 4) is 0 Å². The third-order valence-electron chi connectivity index (χ3n) is 5.78. The van der Waals surface area contributed by atoms with E-state index in [1.165, 1.54) is 10.6 Å². The number of aromatic nitrogens is 3. The molecular weight excluding hydrogens is 423 g/mol. The standard InChI is InChI=1S/C22H24F3N5O2/c1-2-29-17-6-3-4-7-18(17)30(21(29)32)15-20(31)28-11-5-10-27(12-13-28)19-9-8-16(14-26-19)22(23,24)25/h3-4,6-9,14H,2,5,10-13,15H2,1H3. The quantitative estimate of drug-likeness (QED) is 0.617. The topological polar surface area (TPSA) is 63.4 Å². The molecule has 0 aliphatic carbocycles. The highest BCUT2D eigenvalue weighted by molar-refractivity contribution is 5.81. The van der Waals surface area contributed by atoms with E-state index < -0.39 is 11.7 Å². The van der Waals surface area contributed by atoms with Crippen LogP contribution in [-0.2, 0) is 24.1 Å². The lowest BCUT2D eigenvalue weighted by molar-refractivity contribution is -0.137. The minimum absolute atomic E-state index is 0.0507. The summed E-state index contributed by atoms with van der Waals surface area (Å²) in [7, 11) is 0. The summed E-state index contributed by atoms with van der Waals surface area (Å²) in [4.78, 5) is 33.3. The molecule has 1 amide bonds. The molecule has 4 rings (SSSR count). The van der Waals surface area contributed by atoms with Gasteiger partial charge in [0.15, 0.2) is 0 Å². The average Bonchev–Trinajstić information content (AvgIpc) is 2.92. The molecule has 3 aromatic rings. The van der Waals surface area contributed by atoms with Crippen LogP contribution in [0.15, 0.2) is 47.4 Å². The van der Waals surface area contributed by atoms with E-state index in [9.17, 15) is 22.8 Å². The Labute approximate surface area is 182 Å².